The Labute approximate surface area is 148 Å². The number of methoxy groups -OCH3 is 2. The summed E-state index contributed by atoms with van der Waals surface area (Å²) in [6.07, 6.45) is 1.92. The lowest BCUT2D eigenvalue weighted by atomic mass is 10.1. The molecule has 0 atom stereocenters. The summed E-state index contributed by atoms with van der Waals surface area (Å²) in [4.78, 5) is 11.3. The zero-order valence-corrected chi connectivity index (χ0v) is 15.3. The van der Waals surface area contributed by atoms with Crippen LogP contribution >= 0.6 is 0 Å². The average Bonchev–Trinajstić information content (AvgIpc) is 2.61. The first-order valence-corrected chi connectivity index (χ1v) is 8.55. The summed E-state index contributed by atoms with van der Waals surface area (Å²) in [5, 5.41) is 0. The van der Waals surface area contributed by atoms with E-state index in [0.29, 0.717) is 17.2 Å². The van der Waals surface area contributed by atoms with Crippen molar-refractivity contribution in [3.8, 4) is 17.2 Å². The van der Waals surface area contributed by atoms with Crippen LogP contribution in [0.15, 0.2) is 24.3 Å². The predicted molar refractivity (Wildman–Crippen MR) is 96.9 cm³/mol. The SMILES string of the molecule is COc1cccc(OC)c1OC1CCN(c2nc(C)cc(C)n2)CC1. The van der Waals surface area contributed by atoms with Crippen molar-refractivity contribution in [2.45, 2.75) is 32.8 Å². The first kappa shape index (κ1) is 17.3. The predicted octanol–water partition coefficient (Wildman–Crippen LogP) is 3.16. The van der Waals surface area contributed by atoms with Gasteiger partial charge in [0.2, 0.25) is 11.7 Å². The van der Waals surface area contributed by atoms with Gasteiger partial charge in [0.1, 0.15) is 6.10 Å². The lowest BCUT2D eigenvalue weighted by molar-refractivity contribution is 0.157. The van der Waals surface area contributed by atoms with E-state index in [1.165, 1.54) is 0 Å². The number of anilines is 1. The zero-order valence-electron chi connectivity index (χ0n) is 15.3. The Morgan fingerprint density at radius 2 is 1.52 bits per heavy atom. The molecule has 0 amide bonds. The number of benzene rings is 1. The number of nitrogens with zero attached hydrogens (tertiary/aromatic N) is 3. The lowest BCUT2D eigenvalue weighted by Gasteiger charge is -2.32. The fraction of sp³-hybridized carbons (Fsp3) is 0.474. The number of para-hydroxylation sites is 1. The van der Waals surface area contributed by atoms with Crippen molar-refractivity contribution in [1.29, 1.82) is 0 Å². The van der Waals surface area contributed by atoms with Gasteiger partial charge in [0.15, 0.2) is 11.5 Å². The van der Waals surface area contributed by atoms with E-state index in [-0.39, 0.29) is 6.10 Å². The molecule has 25 heavy (non-hydrogen) atoms. The quantitative estimate of drug-likeness (QED) is 0.831. The summed E-state index contributed by atoms with van der Waals surface area (Å²) >= 11 is 0. The highest BCUT2D eigenvalue weighted by Crippen LogP contribution is 2.38. The van der Waals surface area contributed by atoms with E-state index >= 15 is 0 Å². The van der Waals surface area contributed by atoms with Gasteiger partial charge in [-0.05, 0) is 32.0 Å². The highest BCUT2D eigenvalue weighted by Gasteiger charge is 2.24. The van der Waals surface area contributed by atoms with Crippen molar-refractivity contribution in [3.63, 3.8) is 0 Å². The van der Waals surface area contributed by atoms with Crippen LogP contribution < -0.4 is 19.1 Å². The molecule has 0 bridgehead atoms. The number of aryl methyl sites for hydroxylation is 2. The Bertz CT molecular complexity index is 685. The fourth-order valence-corrected chi connectivity index (χ4v) is 3.12. The number of hydrogen-bond acceptors (Lipinski definition) is 6. The highest BCUT2D eigenvalue weighted by atomic mass is 16.5. The standard InChI is InChI=1S/C19H25N3O3/c1-13-12-14(2)21-19(20-13)22-10-8-15(9-11-22)25-18-16(23-3)6-5-7-17(18)24-4/h5-7,12,15H,8-11H2,1-4H3. The van der Waals surface area contributed by atoms with Gasteiger partial charge in [0, 0.05) is 37.3 Å². The molecule has 1 fully saturated rings. The Kier molecular flexibility index (Phi) is 5.26. The lowest BCUT2D eigenvalue weighted by Crippen LogP contribution is -2.39. The minimum absolute atomic E-state index is 0.118. The molecule has 0 saturated carbocycles. The molecule has 6 nitrogen and oxygen atoms in total. The Balaban J connectivity index is 1.67. The van der Waals surface area contributed by atoms with Crippen molar-refractivity contribution in [1.82, 2.24) is 9.97 Å². The number of hydrogen-bond donors (Lipinski definition) is 0. The molecule has 0 radical (unpaired) electrons. The van der Waals surface area contributed by atoms with Crippen molar-refractivity contribution in [3.05, 3.63) is 35.7 Å². The first-order chi connectivity index (χ1) is 12.1. The smallest absolute Gasteiger partial charge is 0.225 e. The van der Waals surface area contributed by atoms with Crippen LogP contribution in [0.25, 0.3) is 0 Å². The number of rotatable bonds is 5. The minimum atomic E-state index is 0.118. The molecule has 2 heterocycles. The van der Waals surface area contributed by atoms with Crippen molar-refractivity contribution in [2.75, 3.05) is 32.2 Å². The maximum absolute atomic E-state index is 6.21. The zero-order chi connectivity index (χ0) is 17.8. The van der Waals surface area contributed by atoms with Gasteiger partial charge in [0.25, 0.3) is 0 Å². The summed E-state index contributed by atoms with van der Waals surface area (Å²) in [7, 11) is 3.28. The molecular formula is C19H25N3O3. The van der Waals surface area contributed by atoms with Crippen LogP contribution in [0.5, 0.6) is 17.2 Å². The largest absolute Gasteiger partial charge is 0.493 e. The van der Waals surface area contributed by atoms with Crippen LogP contribution in [0.2, 0.25) is 0 Å². The molecular weight excluding hydrogens is 318 g/mol. The summed E-state index contributed by atoms with van der Waals surface area (Å²) in [5.41, 5.74) is 2.00. The van der Waals surface area contributed by atoms with Gasteiger partial charge >= 0.3 is 0 Å². The Morgan fingerprint density at radius 1 is 0.960 bits per heavy atom. The third-order valence-electron chi connectivity index (χ3n) is 4.36. The van der Waals surface area contributed by atoms with E-state index in [4.69, 9.17) is 14.2 Å². The maximum atomic E-state index is 6.21. The Morgan fingerprint density at radius 3 is 2.04 bits per heavy atom. The molecule has 1 aromatic heterocycles. The molecule has 0 aliphatic carbocycles. The van der Waals surface area contributed by atoms with E-state index in [1.54, 1.807) is 14.2 Å². The number of aromatic nitrogens is 2. The molecule has 0 spiro atoms. The summed E-state index contributed by atoms with van der Waals surface area (Å²) in [6, 6.07) is 7.66. The normalized spacial score (nSPS) is 15.1. The van der Waals surface area contributed by atoms with E-state index in [0.717, 1.165) is 43.3 Å². The third-order valence-corrected chi connectivity index (χ3v) is 4.36. The van der Waals surface area contributed by atoms with E-state index in [2.05, 4.69) is 14.9 Å². The van der Waals surface area contributed by atoms with Gasteiger partial charge in [0.05, 0.1) is 14.2 Å². The molecule has 0 unspecified atom stereocenters. The molecule has 1 saturated heterocycles. The highest BCUT2D eigenvalue weighted by molar-refractivity contribution is 5.51. The second-order valence-corrected chi connectivity index (χ2v) is 6.25. The van der Waals surface area contributed by atoms with Crippen LogP contribution in [-0.2, 0) is 0 Å². The van der Waals surface area contributed by atoms with Gasteiger partial charge < -0.3 is 19.1 Å². The molecule has 0 N–H and O–H groups in total. The minimum Gasteiger partial charge on any atom is -0.493 e. The third kappa shape index (κ3) is 3.95. The molecule has 134 valence electrons. The molecule has 3 rings (SSSR count). The van der Waals surface area contributed by atoms with E-state index in [9.17, 15) is 0 Å². The van der Waals surface area contributed by atoms with E-state index < -0.39 is 0 Å². The fourth-order valence-electron chi connectivity index (χ4n) is 3.12. The maximum Gasteiger partial charge on any atom is 0.225 e. The van der Waals surface area contributed by atoms with Gasteiger partial charge in [-0.1, -0.05) is 6.07 Å². The average molecular weight is 343 g/mol. The Hall–Kier alpha value is -2.50. The summed E-state index contributed by atoms with van der Waals surface area (Å²) < 4.78 is 17.0. The number of ether oxygens (including phenoxy) is 3. The second kappa shape index (κ2) is 7.59. The van der Waals surface area contributed by atoms with Crippen molar-refractivity contribution in [2.24, 2.45) is 0 Å². The number of piperidine rings is 1. The molecule has 1 aliphatic rings. The van der Waals surface area contributed by atoms with Crippen molar-refractivity contribution >= 4 is 5.95 Å². The van der Waals surface area contributed by atoms with Crippen LogP contribution in [0, 0.1) is 13.8 Å². The molecule has 1 aliphatic heterocycles. The van der Waals surface area contributed by atoms with Gasteiger partial charge in [-0.15, -0.1) is 0 Å². The van der Waals surface area contributed by atoms with Gasteiger partial charge in [-0.3, -0.25) is 0 Å². The molecule has 1 aromatic carbocycles. The van der Waals surface area contributed by atoms with Crippen LogP contribution in [0.4, 0.5) is 5.95 Å². The van der Waals surface area contributed by atoms with Gasteiger partial charge in [-0.25, -0.2) is 9.97 Å². The monoisotopic (exact) mass is 343 g/mol. The van der Waals surface area contributed by atoms with E-state index in [1.807, 2.05) is 38.1 Å². The van der Waals surface area contributed by atoms with Gasteiger partial charge in [-0.2, -0.15) is 0 Å². The first-order valence-electron chi connectivity index (χ1n) is 8.55. The summed E-state index contributed by atoms with van der Waals surface area (Å²) in [5.74, 6) is 2.87. The molecule has 2 aromatic rings. The second-order valence-electron chi connectivity index (χ2n) is 6.25. The van der Waals surface area contributed by atoms with Crippen LogP contribution in [0.1, 0.15) is 24.2 Å². The van der Waals surface area contributed by atoms with Crippen LogP contribution in [-0.4, -0.2) is 43.4 Å². The van der Waals surface area contributed by atoms with Crippen molar-refractivity contribution < 1.29 is 14.2 Å². The topological polar surface area (TPSA) is 56.7 Å². The van der Waals surface area contributed by atoms with Crippen LogP contribution in [0.3, 0.4) is 0 Å². The molecule has 6 heteroatoms. The summed E-state index contributed by atoms with van der Waals surface area (Å²) in [6.45, 7) is 5.74.